The summed E-state index contributed by atoms with van der Waals surface area (Å²) in [5, 5.41) is 18.6. The Hall–Kier alpha value is -1.66. The first kappa shape index (κ1) is 33.5. The maximum atomic E-state index is 10.8. The van der Waals surface area contributed by atoms with Gasteiger partial charge in [-0.2, -0.15) is 0 Å². The predicted molar refractivity (Wildman–Crippen MR) is 134 cm³/mol. The molecule has 0 aromatic rings. The Bertz CT molecular complexity index is 477. The van der Waals surface area contributed by atoms with Crippen LogP contribution in [-0.2, 0) is 19.1 Å². The molecule has 0 aliphatic carbocycles. The summed E-state index contributed by atoms with van der Waals surface area (Å²) < 4.78 is 9.30. The summed E-state index contributed by atoms with van der Waals surface area (Å²) in [6.45, 7) is 11.0. The summed E-state index contributed by atoms with van der Waals surface area (Å²) in [5.74, 6) is -1.12. The van der Waals surface area contributed by atoms with Crippen molar-refractivity contribution < 1.29 is 29.3 Å². The number of aliphatic hydroxyl groups excluding tert-OH is 2. The summed E-state index contributed by atoms with van der Waals surface area (Å²) >= 11 is 0. The monoisotopic (exact) mass is 470 g/mol. The van der Waals surface area contributed by atoms with Crippen molar-refractivity contribution in [2.45, 2.75) is 136 Å². The zero-order chi connectivity index (χ0) is 25.2. The molecule has 33 heavy (non-hydrogen) atoms. The summed E-state index contributed by atoms with van der Waals surface area (Å²) in [5.41, 5.74) is 0. The molecular weight excluding hydrogens is 420 g/mol. The van der Waals surface area contributed by atoms with Crippen molar-refractivity contribution in [2.24, 2.45) is 0 Å². The Morgan fingerprint density at radius 2 is 0.879 bits per heavy atom. The van der Waals surface area contributed by atoms with E-state index in [0.717, 1.165) is 37.8 Å². The molecule has 0 rings (SSSR count). The van der Waals surface area contributed by atoms with E-state index in [9.17, 15) is 19.8 Å². The molecule has 0 amide bonds. The van der Waals surface area contributed by atoms with Crippen molar-refractivity contribution in [1.82, 2.24) is 0 Å². The van der Waals surface area contributed by atoms with Crippen LogP contribution in [0.4, 0.5) is 0 Å². The number of rotatable bonds is 21. The van der Waals surface area contributed by atoms with E-state index in [1.54, 1.807) is 0 Å². The molecule has 2 atom stereocenters. The highest BCUT2D eigenvalue weighted by molar-refractivity contribution is 5.81. The van der Waals surface area contributed by atoms with E-state index >= 15 is 0 Å². The van der Waals surface area contributed by atoms with Crippen LogP contribution >= 0.6 is 0 Å². The highest BCUT2D eigenvalue weighted by atomic mass is 16.6. The third kappa shape index (κ3) is 28.3. The molecule has 0 bridgehead atoms. The summed E-state index contributed by atoms with van der Waals surface area (Å²) in [6, 6.07) is 0. The number of ether oxygens (including phenoxy) is 2. The average molecular weight is 471 g/mol. The van der Waals surface area contributed by atoms with Gasteiger partial charge in [-0.25, -0.2) is 9.59 Å². The van der Waals surface area contributed by atoms with Crippen LogP contribution in [0.5, 0.6) is 0 Å². The van der Waals surface area contributed by atoms with Crippen molar-refractivity contribution >= 4 is 11.9 Å². The van der Waals surface area contributed by atoms with Gasteiger partial charge in [0.1, 0.15) is 0 Å². The van der Waals surface area contributed by atoms with Gasteiger partial charge in [0.15, 0.2) is 0 Å². The fourth-order valence-corrected chi connectivity index (χ4v) is 3.21. The lowest BCUT2D eigenvalue weighted by Crippen LogP contribution is -2.15. The fourth-order valence-electron chi connectivity index (χ4n) is 3.21. The van der Waals surface area contributed by atoms with E-state index < -0.39 is 24.5 Å². The molecule has 0 saturated carbocycles. The fraction of sp³-hybridized carbons (Fsp3) is 0.778. The third-order valence-corrected chi connectivity index (χ3v) is 5.20. The molecule has 0 fully saturated rings. The van der Waals surface area contributed by atoms with Gasteiger partial charge in [-0.3, -0.25) is 0 Å². The first-order chi connectivity index (χ1) is 15.9. The molecule has 6 heteroatoms. The average Bonchev–Trinajstić information content (AvgIpc) is 2.80. The van der Waals surface area contributed by atoms with Crippen LogP contribution in [0.2, 0.25) is 0 Å². The Morgan fingerprint density at radius 3 is 1.15 bits per heavy atom. The first-order valence-corrected chi connectivity index (χ1v) is 12.9. The largest absolute Gasteiger partial charge is 0.433 e. The lowest BCUT2D eigenvalue weighted by atomic mass is 10.1. The Balaban J connectivity index is 0. The number of carbonyl (C=O) groups is 2. The van der Waals surface area contributed by atoms with E-state index in [4.69, 9.17) is 0 Å². The summed E-state index contributed by atoms with van der Waals surface area (Å²) in [4.78, 5) is 21.5. The number of carbonyl (C=O) groups excluding carboxylic acids is 2. The normalized spacial score (nSPS) is 12.1. The van der Waals surface area contributed by atoms with Crippen LogP contribution < -0.4 is 0 Å². The zero-order valence-electron chi connectivity index (χ0n) is 21.3. The molecule has 0 aromatic heterocycles. The highest BCUT2D eigenvalue weighted by Crippen LogP contribution is 2.11. The first-order valence-electron chi connectivity index (χ1n) is 12.9. The molecule has 0 aliphatic rings. The van der Waals surface area contributed by atoms with Gasteiger partial charge in [-0.1, -0.05) is 110 Å². The van der Waals surface area contributed by atoms with Gasteiger partial charge < -0.3 is 19.7 Å². The quantitative estimate of drug-likeness (QED) is 0.0835. The Kier molecular flexibility index (Phi) is 27.0. The smallest absolute Gasteiger partial charge is 0.332 e. The predicted octanol–water partition coefficient (Wildman–Crippen LogP) is 6.74. The highest BCUT2D eigenvalue weighted by Gasteiger charge is 2.08. The molecule has 0 radical (unpaired) electrons. The molecular formula is C27H50O6. The number of aliphatic hydroxyl groups is 2. The lowest BCUT2D eigenvalue weighted by Gasteiger charge is -2.10. The molecule has 2 N–H and O–H groups in total. The van der Waals surface area contributed by atoms with Gasteiger partial charge in [0.05, 0.1) is 0 Å². The number of hydrogen-bond acceptors (Lipinski definition) is 6. The molecule has 0 heterocycles. The number of hydrogen-bond donors (Lipinski definition) is 2. The molecule has 0 saturated heterocycles. The minimum atomic E-state index is -0.972. The third-order valence-electron chi connectivity index (χ3n) is 5.20. The summed E-state index contributed by atoms with van der Waals surface area (Å²) in [7, 11) is 0. The van der Waals surface area contributed by atoms with Crippen molar-refractivity contribution in [3.63, 3.8) is 0 Å². The van der Waals surface area contributed by atoms with Crippen molar-refractivity contribution in [3.05, 3.63) is 25.3 Å². The second kappa shape index (κ2) is 26.6. The van der Waals surface area contributed by atoms with Crippen LogP contribution in [-0.4, -0.2) is 34.7 Å². The maximum Gasteiger partial charge on any atom is 0.332 e. The number of unbranched alkanes of at least 4 members (excludes halogenated alkanes) is 13. The van der Waals surface area contributed by atoms with E-state index in [2.05, 4.69) is 36.5 Å². The van der Waals surface area contributed by atoms with Gasteiger partial charge in [0, 0.05) is 25.0 Å². The summed E-state index contributed by atoms with van der Waals surface area (Å²) in [6.07, 6.45) is 19.2. The second-order valence-electron chi connectivity index (χ2n) is 8.36. The number of esters is 2. The maximum absolute atomic E-state index is 10.8. The van der Waals surface area contributed by atoms with Crippen LogP contribution in [0.15, 0.2) is 25.3 Å². The van der Waals surface area contributed by atoms with Crippen molar-refractivity contribution in [1.29, 1.82) is 0 Å². The van der Waals surface area contributed by atoms with Crippen LogP contribution in [0.1, 0.15) is 123 Å². The molecule has 0 spiro atoms. The molecule has 0 aliphatic heterocycles. The molecule has 2 unspecified atom stereocenters. The standard InChI is InChI=1S/C14H26O3.C13H24O3/c1-3-5-6-7-8-9-10-11-12-14(16)17-13(15)4-2;1-3-5-6-7-8-9-10-11-13(15)16-12(14)4-2/h4,14,16H,2-3,5-12H2,1H3;4,13,15H,2-3,5-11H2,1H3. The van der Waals surface area contributed by atoms with Gasteiger partial charge in [-0.05, 0) is 12.8 Å². The molecule has 194 valence electrons. The minimum Gasteiger partial charge on any atom is -0.433 e. The lowest BCUT2D eigenvalue weighted by molar-refractivity contribution is -0.163. The Morgan fingerprint density at radius 1 is 0.606 bits per heavy atom. The topological polar surface area (TPSA) is 93.1 Å². The van der Waals surface area contributed by atoms with Crippen molar-refractivity contribution in [3.8, 4) is 0 Å². The van der Waals surface area contributed by atoms with Crippen LogP contribution in [0.25, 0.3) is 0 Å². The molecule has 0 aromatic carbocycles. The minimum absolute atomic E-state index is 0.521. The van der Waals surface area contributed by atoms with Crippen molar-refractivity contribution in [2.75, 3.05) is 0 Å². The van der Waals surface area contributed by atoms with Crippen LogP contribution in [0, 0.1) is 0 Å². The van der Waals surface area contributed by atoms with Gasteiger partial charge in [0.2, 0.25) is 12.6 Å². The van der Waals surface area contributed by atoms with E-state index in [1.165, 1.54) is 70.6 Å². The van der Waals surface area contributed by atoms with Crippen LogP contribution in [0.3, 0.4) is 0 Å². The van der Waals surface area contributed by atoms with Gasteiger partial charge in [0.25, 0.3) is 0 Å². The van der Waals surface area contributed by atoms with Gasteiger partial charge in [-0.15, -0.1) is 0 Å². The van der Waals surface area contributed by atoms with E-state index in [-0.39, 0.29) is 0 Å². The van der Waals surface area contributed by atoms with Gasteiger partial charge >= 0.3 is 11.9 Å². The van der Waals surface area contributed by atoms with E-state index in [0.29, 0.717) is 12.8 Å². The zero-order valence-corrected chi connectivity index (χ0v) is 21.3. The second-order valence-corrected chi connectivity index (χ2v) is 8.36. The Labute approximate surface area is 202 Å². The molecule has 6 nitrogen and oxygen atoms in total. The van der Waals surface area contributed by atoms with E-state index in [1.807, 2.05) is 0 Å². The SMILES string of the molecule is C=CC(=O)OC(O)CCCCCCCCC.C=CC(=O)OC(O)CCCCCCCCCC.